The van der Waals surface area contributed by atoms with Gasteiger partial charge in [0.25, 0.3) is 0 Å². The van der Waals surface area contributed by atoms with E-state index in [1.807, 2.05) is 0 Å². The second kappa shape index (κ2) is 6.89. The molecule has 1 aromatic carbocycles. The molecule has 26 heavy (non-hydrogen) atoms. The van der Waals surface area contributed by atoms with Crippen molar-refractivity contribution in [3.05, 3.63) is 52.6 Å². The van der Waals surface area contributed by atoms with E-state index in [1.54, 1.807) is 41.6 Å². The molecule has 0 saturated carbocycles. The molecule has 0 bridgehead atoms. The Kier molecular flexibility index (Phi) is 4.44. The van der Waals surface area contributed by atoms with Gasteiger partial charge in [0, 0.05) is 31.2 Å². The number of carbonyl (C=O) groups excluding carboxylic acids is 1. The van der Waals surface area contributed by atoms with Gasteiger partial charge in [-0.1, -0.05) is 28.4 Å². The van der Waals surface area contributed by atoms with Crippen molar-refractivity contribution in [3.63, 3.8) is 0 Å². The molecule has 10 heteroatoms. The lowest BCUT2D eigenvalue weighted by Crippen LogP contribution is -2.50. The first-order valence-corrected chi connectivity index (χ1v) is 8.48. The zero-order valence-corrected chi connectivity index (χ0v) is 14.8. The highest BCUT2D eigenvalue weighted by Gasteiger charge is 2.36. The second-order valence-electron chi connectivity index (χ2n) is 5.69. The number of nitrogens with zero attached hydrogens (tertiary/aromatic N) is 5. The highest BCUT2D eigenvalue weighted by Crippen LogP contribution is 2.29. The van der Waals surface area contributed by atoms with E-state index in [0.717, 1.165) is 0 Å². The molecule has 1 N–H and O–H groups in total. The predicted molar refractivity (Wildman–Crippen MR) is 95.1 cm³/mol. The molecule has 8 nitrogen and oxygen atoms in total. The number of likely N-dealkylation sites (tertiary alicyclic amines) is 1. The highest BCUT2D eigenvalue weighted by molar-refractivity contribution is 6.42. The Morgan fingerprint density at radius 1 is 1.15 bits per heavy atom. The van der Waals surface area contributed by atoms with Gasteiger partial charge in [-0.05, 0) is 24.3 Å². The Labute approximate surface area is 158 Å². The van der Waals surface area contributed by atoms with Gasteiger partial charge in [-0.25, -0.2) is 14.8 Å². The van der Waals surface area contributed by atoms with Crippen LogP contribution in [-0.4, -0.2) is 44.1 Å². The maximum atomic E-state index is 12.2. The van der Waals surface area contributed by atoms with E-state index in [4.69, 9.17) is 27.7 Å². The van der Waals surface area contributed by atoms with Crippen LogP contribution in [0.4, 0.5) is 10.5 Å². The summed E-state index contributed by atoms with van der Waals surface area (Å²) in [6.07, 6.45) is 3.22. The van der Waals surface area contributed by atoms with Gasteiger partial charge in [0.15, 0.2) is 0 Å². The molecular formula is C16H12Cl2N6O2. The first-order chi connectivity index (χ1) is 12.6. The Balaban J connectivity index is 1.36. The zero-order chi connectivity index (χ0) is 18.1. The fourth-order valence-corrected chi connectivity index (χ4v) is 2.78. The normalized spacial score (nSPS) is 14.2. The quantitative estimate of drug-likeness (QED) is 0.735. The van der Waals surface area contributed by atoms with Gasteiger partial charge in [0.2, 0.25) is 17.5 Å². The third-order valence-electron chi connectivity index (χ3n) is 3.90. The van der Waals surface area contributed by atoms with Crippen molar-refractivity contribution in [2.45, 2.75) is 5.92 Å². The van der Waals surface area contributed by atoms with Crippen LogP contribution >= 0.6 is 23.2 Å². The molecule has 1 aliphatic rings. The predicted octanol–water partition coefficient (Wildman–Crippen LogP) is 3.46. The van der Waals surface area contributed by atoms with E-state index in [2.05, 4.69) is 25.4 Å². The summed E-state index contributed by atoms with van der Waals surface area (Å²) < 4.78 is 5.27. The smallest absolute Gasteiger partial charge is 0.321 e. The summed E-state index contributed by atoms with van der Waals surface area (Å²) in [5.41, 5.74) is 0.578. The van der Waals surface area contributed by atoms with Crippen molar-refractivity contribution in [1.82, 2.24) is 25.0 Å². The maximum Gasteiger partial charge on any atom is 0.321 e. The average Bonchev–Trinajstić information content (AvgIpc) is 3.07. The maximum absolute atomic E-state index is 12.2. The molecule has 4 rings (SSSR count). The number of benzene rings is 1. The van der Waals surface area contributed by atoms with E-state index in [-0.39, 0.29) is 11.9 Å². The molecule has 3 heterocycles. The minimum atomic E-state index is -0.231. The fraction of sp³-hybridized carbons (Fsp3) is 0.188. The van der Waals surface area contributed by atoms with Crippen LogP contribution in [0, 0.1) is 0 Å². The van der Waals surface area contributed by atoms with Crippen LogP contribution in [-0.2, 0) is 0 Å². The van der Waals surface area contributed by atoms with Crippen molar-refractivity contribution >= 4 is 34.9 Å². The molecule has 0 radical (unpaired) electrons. The summed E-state index contributed by atoms with van der Waals surface area (Å²) in [6.45, 7) is 0.953. The molecule has 0 unspecified atom stereocenters. The SMILES string of the molecule is O=C(Nc1ccc(Cl)c(Cl)c1)N1CC(c2nc(-c3ncccn3)no2)C1. The lowest BCUT2D eigenvalue weighted by molar-refractivity contribution is 0.147. The van der Waals surface area contributed by atoms with Crippen LogP contribution in [0.25, 0.3) is 11.6 Å². The first-order valence-electron chi connectivity index (χ1n) is 7.72. The standard InChI is InChI=1S/C16H12Cl2N6O2/c17-11-3-2-10(6-12(11)18)21-16(25)24-7-9(8-24)15-22-14(23-26-15)13-19-4-1-5-20-13/h1-6,9H,7-8H2,(H,21,25). The van der Waals surface area contributed by atoms with E-state index in [0.29, 0.717) is 46.4 Å². The number of amides is 2. The molecule has 0 atom stereocenters. The van der Waals surface area contributed by atoms with Gasteiger partial charge in [0.05, 0.1) is 16.0 Å². The molecule has 1 aliphatic heterocycles. The third-order valence-corrected chi connectivity index (χ3v) is 4.64. The number of anilines is 1. The topological polar surface area (TPSA) is 97.0 Å². The van der Waals surface area contributed by atoms with Gasteiger partial charge >= 0.3 is 6.03 Å². The zero-order valence-electron chi connectivity index (χ0n) is 13.3. The average molecular weight is 391 g/mol. The molecule has 1 saturated heterocycles. The summed E-state index contributed by atoms with van der Waals surface area (Å²) in [7, 11) is 0. The number of hydrogen-bond donors (Lipinski definition) is 1. The second-order valence-corrected chi connectivity index (χ2v) is 6.50. The van der Waals surface area contributed by atoms with Gasteiger partial charge in [0.1, 0.15) is 0 Å². The third kappa shape index (κ3) is 3.33. The van der Waals surface area contributed by atoms with E-state index < -0.39 is 0 Å². The van der Waals surface area contributed by atoms with E-state index >= 15 is 0 Å². The van der Waals surface area contributed by atoms with Crippen molar-refractivity contribution in [1.29, 1.82) is 0 Å². The number of hydrogen-bond acceptors (Lipinski definition) is 6. The lowest BCUT2D eigenvalue weighted by atomic mass is 10.0. The number of carbonyl (C=O) groups is 1. The van der Waals surface area contributed by atoms with Crippen molar-refractivity contribution < 1.29 is 9.32 Å². The van der Waals surface area contributed by atoms with Crippen molar-refractivity contribution in [2.75, 3.05) is 18.4 Å². The Hall–Kier alpha value is -2.71. The minimum absolute atomic E-state index is 0.0143. The summed E-state index contributed by atoms with van der Waals surface area (Å²) in [6, 6.07) is 6.40. The monoisotopic (exact) mass is 390 g/mol. The molecule has 0 aliphatic carbocycles. The lowest BCUT2D eigenvalue weighted by Gasteiger charge is -2.36. The number of nitrogens with one attached hydrogen (secondary N) is 1. The van der Waals surface area contributed by atoms with Gasteiger partial charge in [-0.3, -0.25) is 0 Å². The van der Waals surface area contributed by atoms with Gasteiger partial charge < -0.3 is 14.7 Å². The summed E-state index contributed by atoms with van der Waals surface area (Å²) in [5, 5.41) is 7.48. The van der Waals surface area contributed by atoms with Crippen LogP contribution in [0.2, 0.25) is 10.0 Å². The van der Waals surface area contributed by atoms with Crippen molar-refractivity contribution in [2.24, 2.45) is 0 Å². The molecule has 0 spiro atoms. The van der Waals surface area contributed by atoms with Crippen LogP contribution in [0.3, 0.4) is 0 Å². The number of aromatic nitrogens is 4. The number of urea groups is 1. The van der Waals surface area contributed by atoms with Crippen LogP contribution < -0.4 is 5.32 Å². The Morgan fingerprint density at radius 3 is 2.65 bits per heavy atom. The molecule has 132 valence electrons. The van der Waals surface area contributed by atoms with E-state index in [9.17, 15) is 4.79 Å². The van der Waals surface area contributed by atoms with E-state index in [1.165, 1.54) is 0 Å². The highest BCUT2D eigenvalue weighted by atomic mass is 35.5. The van der Waals surface area contributed by atoms with Crippen molar-refractivity contribution in [3.8, 4) is 11.6 Å². The largest absolute Gasteiger partial charge is 0.338 e. The summed E-state index contributed by atoms with van der Waals surface area (Å²) >= 11 is 11.8. The van der Waals surface area contributed by atoms with Crippen LogP contribution in [0.5, 0.6) is 0 Å². The molecule has 3 aromatic rings. The molecule has 2 amide bonds. The van der Waals surface area contributed by atoms with Crippen LogP contribution in [0.1, 0.15) is 11.8 Å². The molecular weight excluding hydrogens is 379 g/mol. The summed E-state index contributed by atoms with van der Waals surface area (Å²) in [4.78, 5) is 26.3. The fourth-order valence-electron chi connectivity index (χ4n) is 2.48. The van der Waals surface area contributed by atoms with Gasteiger partial charge in [-0.15, -0.1) is 0 Å². The Morgan fingerprint density at radius 2 is 1.92 bits per heavy atom. The number of halogens is 2. The van der Waals surface area contributed by atoms with Crippen LogP contribution in [0.15, 0.2) is 41.2 Å². The molecule has 2 aromatic heterocycles. The Bertz CT molecular complexity index is 943. The first kappa shape index (κ1) is 16.7. The number of rotatable bonds is 3. The summed E-state index contributed by atoms with van der Waals surface area (Å²) in [5.74, 6) is 1.18. The van der Waals surface area contributed by atoms with Gasteiger partial charge in [-0.2, -0.15) is 4.98 Å². The molecule has 1 fully saturated rings. The minimum Gasteiger partial charge on any atom is -0.338 e.